The minimum absolute atomic E-state index is 0.0399. The van der Waals surface area contributed by atoms with Crippen LogP contribution in [0.1, 0.15) is 15.9 Å². The van der Waals surface area contributed by atoms with Gasteiger partial charge in [0.25, 0.3) is 5.91 Å². The Morgan fingerprint density at radius 3 is 2.00 bits per heavy atom. The summed E-state index contributed by atoms with van der Waals surface area (Å²) in [4.78, 5) is 17.9. The summed E-state index contributed by atoms with van der Waals surface area (Å²) in [6, 6.07) is 28.4. The number of piperazine rings is 1. The zero-order valence-corrected chi connectivity index (χ0v) is 18.2. The molecule has 5 nitrogen and oxygen atoms in total. The molecule has 2 heterocycles. The van der Waals surface area contributed by atoms with E-state index in [1.54, 1.807) is 0 Å². The zero-order chi connectivity index (χ0) is 21.9. The van der Waals surface area contributed by atoms with Gasteiger partial charge in [-0.1, -0.05) is 60.7 Å². The first-order valence-electron chi connectivity index (χ1n) is 11.0. The van der Waals surface area contributed by atoms with Gasteiger partial charge in [-0.05, 0) is 36.8 Å². The van der Waals surface area contributed by atoms with E-state index in [-0.39, 0.29) is 5.91 Å². The van der Waals surface area contributed by atoms with Crippen LogP contribution < -0.4 is 4.90 Å². The number of rotatable bonds is 4. The van der Waals surface area contributed by atoms with Crippen LogP contribution in [0, 0.1) is 6.92 Å². The van der Waals surface area contributed by atoms with Gasteiger partial charge in [-0.25, -0.2) is 4.68 Å². The lowest BCUT2D eigenvalue weighted by atomic mass is 10.0. The lowest BCUT2D eigenvalue weighted by molar-refractivity contribution is 0.0747. The van der Waals surface area contributed by atoms with E-state index < -0.39 is 0 Å². The van der Waals surface area contributed by atoms with Crippen molar-refractivity contribution < 1.29 is 4.79 Å². The third kappa shape index (κ3) is 3.89. The molecule has 0 N–H and O–H groups in total. The number of hydrogen-bond acceptors (Lipinski definition) is 3. The van der Waals surface area contributed by atoms with Crippen LogP contribution in [-0.2, 0) is 0 Å². The fraction of sp³-hybridized carbons (Fsp3) is 0.185. The van der Waals surface area contributed by atoms with E-state index >= 15 is 0 Å². The molecule has 1 aliphatic rings. The molecule has 0 radical (unpaired) electrons. The third-order valence-electron chi connectivity index (χ3n) is 6.05. The average Bonchev–Trinajstić information content (AvgIpc) is 3.30. The maximum atomic E-state index is 13.6. The van der Waals surface area contributed by atoms with Crippen molar-refractivity contribution in [1.82, 2.24) is 14.7 Å². The van der Waals surface area contributed by atoms with Crippen LogP contribution in [0.25, 0.3) is 16.9 Å². The Morgan fingerprint density at radius 1 is 0.750 bits per heavy atom. The van der Waals surface area contributed by atoms with Crippen LogP contribution in [0.5, 0.6) is 0 Å². The maximum Gasteiger partial charge on any atom is 0.257 e. The highest BCUT2D eigenvalue weighted by atomic mass is 16.2. The SMILES string of the molecule is Cc1ccccc1-c1nn(-c2ccccc2)cc1C(=O)N1CCN(c2ccccc2)CC1. The van der Waals surface area contributed by atoms with E-state index in [0.29, 0.717) is 18.7 Å². The number of hydrogen-bond donors (Lipinski definition) is 0. The molecule has 160 valence electrons. The van der Waals surface area contributed by atoms with E-state index in [9.17, 15) is 4.79 Å². The molecule has 32 heavy (non-hydrogen) atoms. The van der Waals surface area contributed by atoms with Crippen molar-refractivity contribution in [2.45, 2.75) is 6.92 Å². The van der Waals surface area contributed by atoms with Crippen molar-refractivity contribution >= 4 is 11.6 Å². The molecule has 1 aliphatic heterocycles. The van der Waals surface area contributed by atoms with Gasteiger partial charge in [-0.2, -0.15) is 5.10 Å². The molecule has 1 amide bonds. The smallest absolute Gasteiger partial charge is 0.257 e. The number of carbonyl (C=O) groups is 1. The fourth-order valence-electron chi connectivity index (χ4n) is 4.26. The van der Waals surface area contributed by atoms with E-state index in [1.807, 2.05) is 70.4 Å². The predicted octanol–water partition coefficient (Wildman–Crippen LogP) is 4.81. The van der Waals surface area contributed by atoms with Crippen LogP contribution in [-0.4, -0.2) is 46.8 Å². The lowest BCUT2D eigenvalue weighted by Crippen LogP contribution is -2.48. The van der Waals surface area contributed by atoms with Gasteiger partial charge in [-0.15, -0.1) is 0 Å². The Kier molecular flexibility index (Phi) is 5.46. The van der Waals surface area contributed by atoms with Crippen LogP contribution >= 0.6 is 0 Å². The maximum absolute atomic E-state index is 13.6. The van der Waals surface area contributed by atoms with Gasteiger partial charge in [0.15, 0.2) is 0 Å². The van der Waals surface area contributed by atoms with Gasteiger partial charge < -0.3 is 9.80 Å². The first-order chi connectivity index (χ1) is 15.7. The molecular weight excluding hydrogens is 396 g/mol. The van der Waals surface area contributed by atoms with E-state index in [2.05, 4.69) is 42.2 Å². The average molecular weight is 423 g/mol. The summed E-state index contributed by atoms with van der Waals surface area (Å²) in [5.74, 6) is 0.0399. The van der Waals surface area contributed by atoms with Crippen molar-refractivity contribution in [2.24, 2.45) is 0 Å². The van der Waals surface area contributed by atoms with Crippen LogP contribution in [0.2, 0.25) is 0 Å². The number of nitrogens with zero attached hydrogens (tertiary/aromatic N) is 4. The minimum Gasteiger partial charge on any atom is -0.368 e. The number of amides is 1. The van der Waals surface area contributed by atoms with Crippen LogP contribution in [0.3, 0.4) is 0 Å². The highest BCUT2D eigenvalue weighted by Gasteiger charge is 2.27. The Hall–Kier alpha value is -3.86. The topological polar surface area (TPSA) is 41.4 Å². The molecule has 1 aromatic heterocycles. The normalized spacial score (nSPS) is 13.9. The van der Waals surface area contributed by atoms with E-state index in [4.69, 9.17) is 5.10 Å². The number of aryl methyl sites for hydroxylation is 1. The second-order valence-electron chi connectivity index (χ2n) is 8.10. The summed E-state index contributed by atoms with van der Waals surface area (Å²) in [6.45, 7) is 5.09. The summed E-state index contributed by atoms with van der Waals surface area (Å²) < 4.78 is 1.81. The zero-order valence-electron chi connectivity index (χ0n) is 18.2. The quantitative estimate of drug-likeness (QED) is 0.474. The summed E-state index contributed by atoms with van der Waals surface area (Å²) in [5.41, 5.74) is 5.63. The summed E-state index contributed by atoms with van der Waals surface area (Å²) in [7, 11) is 0. The molecule has 0 saturated carbocycles. The summed E-state index contributed by atoms with van der Waals surface area (Å²) in [6.07, 6.45) is 1.88. The monoisotopic (exact) mass is 422 g/mol. The largest absolute Gasteiger partial charge is 0.368 e. The Balaban J connectivity index is 1.45. The van der Waals surface area contributed by atoms with Gasteiger partial charge in [0, 0.05) is 43.6 Å². The molecule has 0 aliphatic carbocycles. The molecule has 0 bridgehead atoms. The molecule has 1 fully saturated rings. The van der Waals surface area contributed by atoms with Gasteiger partial charge in [-0.3, -0.25) is 4.79 Å². The van der Waals surface area contributed by atoms with Gasteiger partial charge in [0.05, 0.1) is 11.3 Å². The summed E-state index contributed by atoms with van der Waals surface area (Å²) in [5, 5.41) is 4.85. The molecular formula is C27H26N4O. The van der Waals surface area contributed by atoms with Crippen LogP contribution in [0.15, 0.2) is 91.1 Å². The Morgan fingerprint density at radius 2 is 1.34 bits per heavy atom. The van der Waals surface area contributed by atoms with Crippen molar-refractivity contribution in [3.63, 3.8) is 0 Å². The number of carbonyl (C=O) groups excluding carboxylic acids is 1. The van der Waals surface area contributed by atoms with Crippen molar-refractivity contribution in [3.8, 4) is 16.9 Å². The number of para-hydroxylation sites is 2. The molecule has 5 rings (SSSR count). The molecule has 1 saturated heterocycles. The number of anilines is 1. The predicted molar refractivity (Wildman–Crippen MR) is 128 cm³/mol. The molecule has 5 heteroatoms. The Labute approximate surface area is 188 Å². The third-order valence-corrected chi connectivity index (χ3v) is 6.05. The standard InChI is InChI=1S/C27H26N4O/c1-21-10-8-9-15-24(21)26-25(20-31(28-26)23-13-6-3-7-14-23)27(32)30-18-16-29(17-19-30)22-11-4-2-5-12-22/h2-15,20H,16-19H2,1H3. The van der Waals surface area contributed by atoms with Gasteiger partial charge in [0.1, 0.15) is 5.69 Å². The van der Waals surface area contributed by atoms with Gasteiger partial charge >= 0.3 is 0 Å². The number of benzene rings is 3. The van der Waals surface area contributed by atoms with Crippen molar-refractivity contribution in [3.05, 3.63) is 102 Å². The number of aromatic nitrogens is 2. The van der Waals surface area contributed by atoms with Crippen LogP contribution in [0.4, 0.5) is 5.69 Å². The summed E-state index contributed by atoms with van der Waals surface area (Å²) >= 11 is 0. The van der Waals surface area contributed by atoms with Crippen molar-refractivity contribution in [2.75, 3.05) is 31.1 Å². The van der Waals surface area contributed by atoms with E-state index in [1.165, 1.54) is 5.69 Å². The molecule has 4 aromatic rings. The highest BCUT2D eigenvalue weighted by molar-refractivity contribution is 6.00. The molecule has 3 aromatic carbocycles. The highest BCUT2D eigenvalue weighted by Crippen LogP contribution is 2.28. The molecule has 0 atom stereocenters. The van der Waals surface area contributed by atoms with Crippen molar-refractivity contribution in [1.29, 1.82) is 0 Å². The Bertz CT molecular complexity index is 1210. The fourth-order valence-corrected chi connectivity index (χ4v) is 4.26. The van der Waals surface area contributed by atoms with Gasteiger partial charge in [0.2, 0.25) is 0 Å². The van der Waals surface area contributed by atoms with E-state index in [0.717, 1.165) is 35.6 Å². The molecule has 0 spiro atoms. The second kappa shape index (κ2) is 8.71. The minimum atomic E-state index is 0.0399. The second-order valence-corrected chi connectivity index (χ2v) is 8.10. The first kappa shape index (κ1) is 20.1. The molecule has 0 unspecified atom stereocenters. The first-order valence-corrected chi connectivity index (χ1v) is 11.0. The lowest BCUT2D eigenvalue weighted by Gasteiger charge is -2.36.